The van der Waals surface area contributed by atoms with Crippen LogP contribution < -0.4 is 0 Å². The van der Waals surface area contributed by atoms with Gasteiger partial charge in [0.25, 0.3) is 0 Å². The van der Waals surface area contributed by atoms with Gasteiger partial charge >= 0.3 is 9.28 Å². The average Bonchev–Trinajstić information content (AvgIpc) is 2.62. The highest BCUT2D eigenvalue weighted by atomic mass is 28.4. The summed E-state index contributed by atoms with van der Waals surface area (Å²) in [5, 5.41) is 0. The van der Waals surface area contributed by atoms with Crippen molar-refractivity contribution >= 4 is 25.8 Å². The van der Waals surface area contributed by atoms with Gasteiger partial charge in [0.2, 0.25) is 0 Å². The molecule has 0 aliphatic heterocycles. The summed E-state index contributed by atoms with van der Waals surface area (Å²) in [7, 11) is -0.837. The van der Waals surface area contributed by atoms with Gasteiger partial charge in [-0.3, -0.25) is 0 Å². The predicted octanol–water partition coefficient (Wildman–Crippen LogP) is 5.13. The van der Waals surface area contributed by atoms with Crippen molar-refractivity contribution in [3.63, 3.8) is 0 Å². The van der Waals surface area contributed by atoms with Crippen LogP contribution in [0.4, 0.5) is 0 Å². The lowest BCUT2D eigenvalue weighted by atomic mass is 10.5. The molecule has 0 spiro atoms. The van der Waals surface area contributed by atoms with Gasteiger partial charge in [0.15, 0.2) is 0 Å². The molecule has 6 heteroatoms. The van der Waals surface area contributed by atoms with E-state index in [0.717, 1.165) is 0 Å². The van der Waals surface area contributed by atoms with Crippen LogP contribution in [0.1, 0.15) is 54.9 Å². The summed E-state index contributed by atoms with van der Waals surface area (Å²) >= 11 is 0. The molecule has 0 rings (SSSR count). The summed E-state index contributed by atoms with van der Waals surface area (Å²) in [6, 6.07) is 8.17. The molecule has 1 unspecified atom stereocenters. The quantitative estimate of drug-likeness (QED) is 0.415. The molecule has 0 aromatic rings. The Hall–Kier alpha value is 0.531. The maximum Gasteiger partial charge on any atom is 0.337 e. The zero-order chi connectivity index (χ0) is 18.1. The van der Waals surface area contributed by atoms with Gasteiger partial charge in [-0.25, -0.2) is 0 Å². The van der Waals surface area contributed by atoms with Gasteiger partial charge < -0.3 is 13.1 Å². The zero-order valence-corrected chi connectivity index (χ0v) is 20.5. The lowest BCUT2D eigenvalue weighted by Gasteiger charge is -2.56. The highest BCUT2D eigenvalue weighted by Crippen LogP contribution is 2.39. The van der Waals surface area contributed by atoms with Crippen molar-refractivity contribution in [2.24, 2.45) is 0 Å². The van der Waals surface area contributed by atoms with Crippen molar-refractivity contribution in [2.75, 3.05) is 14.2 Å². The fourth-order valence-corrected chi connectivity index (χ4v) is 22.4. The van der Waals surface area contributed by atoms with Crippen molar-refractivity contribution in [2.45, 2.75) is 96.8 Å². The third kappa shape index (κ3) is 4.79. The topological polar surface area (TPSA) is 21.7 Å². The van der Waals surface area contributed by atoms with Gasteiger partial charge in [-0.1, -0.05) is 48.5 Å². The molecule has 0 fully saturated rings. The molecular formula is C17H43NO2Si3. The number of rotatable bonds is 13. The maximum absolute atomic E-state index is 5.91. The number of nitrogens with zero attached hydrogens (tertiary/aromatic N) is 1. The van der Waals surface area contributed by atoms with Gasteiger partial charge in [0, 0.05) is 19.9 Å². The fraction of sp³-hybridized carbons (Fsp3) is 1.00. The normalized spacial score (nSPS) is 14.7. The van der Waals surface area contributed by atoms with E-state index >= 15 is 0 Å². The molecule has 0 amide bonds. The van der Waals surface area contributed by atoms with Crippen LogP contribution in [0.2, 0.25) is 36.3 Å². The Morgan fingerprint density at radius 3 is 1.17 bits per heavy atom. The number of hydrogen-bond donors (Lipinski definition) is 0. The molecule has 0 radical (unpaired) electrons. The summed E-state index contributed by atoms with van der Waals surface area (Å²) < 4.78 is 15.0. The predicted molar refractivity (Wildman–Crippen MR) is 111 cm³/mol. The van der Waals surface area contributed by atoms with E-state index in [9.17, 15) is 0 Å². The van der Waals surface area contributed by atoms with Crippen molar-refractivity contribution in [1.82, 2.24) is 4.23 Å². The van der Waals surface area contributed by atoms with Gasteiger partial charge in [-0.2, -0.15) is 0 Å². The van der Waals surface area contributed by atoms with Gasteiger partial charge in [-0.05, 0) is 42.7 Å². The molecule has 0 saturated heterocycles. The first-order valence-corrected chi connectivity index (χ1v) is 16.6. The van der Waals surface area contributed by atoms with Crippen LogP contribution in [0.3, 0.4) is 0 Å². The summed E-state index contributed by atoms with van der Waals surface area (Å²) in [6.07, 6.45) is 1.17. The molecule has 0 aliphatic rings. The van der Waals surface area contributed by atoms with Crippen LogP contribution >= 0.6 is 0 Å². The third-order valence-corrected chi connectivity index (χ3v) is 22.9. The van der Waals surface area contributed by atoms with Gasteiger partial charge in [0.05, 0.1) is 0 Å². The van der Waals surface area contributed by atoms with Crippen molar-refractivity contribution in [3.8, 4) is 0 Å². The standard InChI is InChI=1S/C17H43NO2Si3/c1-10-17(21(19-8)20-9)18(22(11-2,12-3)13-4)23(14-5,15-6)16-7/h17,21H,10-16H2,1-9H3. The minimum absolute atomic E-state index is 0.544. The smallest absolute Gasteiger partial charge is 0.337 e. The van der Waals surface area contributed by atoms with Crippen LogP contribution in [-0.2, 0) is 8.85 Å². The zero-order valence-electron chi connectivity index (χ0n) is 17.4. The number of hydrogen-bond acceptors (Lipinski definition) is 3. The monoisotopic (exact) mass is 377 g/mol. The average molecular weight is 378 g/mol. The molecule has 0 aromatic carbocycles. The van der Waals surface area contributed by atoms with Gasteiger partial charge in [-0.15, -0.1) is 0 Å². The van der Waals surface area contributed by atoms with Crippen LogP contribution in [-0.4, -0.2) is 49.9 Å². The van der Waals surface area contributed by atoms with E-state index < -0.39 is 25.8 Å². The first-order valence-electron chi connectivity index (χ1n) is 9.81. The van der Waals surface area contributed by atoms with Crippen LogP contribution in [0.25, 0.3) is 0 Å². The largest absolute Gasteiger partial charge is 0.399 e. The van der Waals surface area contributed by atoms with Crippen molar-refractivity contribution in [3.05, 3.63) is 0 Å². The summed E-state index contributed by atoms with van der Waals surface area (Å²) in [6.45, 7) is 17.0. The highest BCUT2D eigenvalue weighted by molar-refractivity contribution is 6.93. The van der Waals surface area contributed by atoms with E-state index in [-0.39, 0.29) is 0 Å². The third-order valence-electron chi connectivity index (χ3n) is 6.50. The van der Waals surface area contributed by atoms with E-state index in [1.165, 1.54) is 42.7 Å². The van der Waals surface area contributed by atoms with Crippen molar-refractivity contribution in [1.29, 1.82) is 0 Å². The van der Waals surface area contributed by atoms with E-state index in [0.29, 0.717) is 5.67 Å². The molecule has 0 saturated carbocycles. The molecule has 1 atom stereocenters. The van der Waals surface area contributed by atoms with E-state index in [4.69, 9.17) is 8.85 Å². The first kappa shape index (κ1) is 23.5. The second-order valence-corrected chi connectivity index (χ2v) is 19.8. The molecule has 3 nitrogen and oxygen atoms in total. The van der Waals surface area contributed by atoms with Crippen LogP contribution in [0.15, 0.2) is 0 Å². The molecule has 0 aromatic heterocycles. The molecule has 0 N–H and O–H groups in total. The summed E-state index contributed by atoms with van der Waals surface area (Å²) in [4.78, 5) is 0. The second kappa shape index (κ2) is 11.2. The van der Waals surface area contributed by atoms with Crippen molar-refractivity contribution < 1.29 is 8.85 Å². The maximum atomic E-state index is 5.91. The minimum Gasteiger partial charge on any atom is -0.399 e. The molecule has 140 valence electrons. The lowest BCUT2D eigenvalue weighted by molar-refractivity contribution is 0.246. The van der Waals surface area contributed by atoms with E-state index in [1.807, 2.05) is 14.2 Å². The Balaban J connectivity index is 6.26. The summed E-state index contributed by atoms with van der Waals surface area (Å²) in [5.41, 5.74) is 0.544. The highest BCUT2D eigenvalue weighted by Gasteiger charge is 2.51. The Kier molecular flexibility index (Phi) is 11.5. The lowest BCUT2D eigenvalue weighted by Crippen LogP contribution is -2.72. The van der Waals surface area contributed by atoms with Crippen LogP contribution in [0.5, 0.6) is 0 Å². The first-order chi connectivity index (χ1) is 11.0. The molecule has 0 bridgehead atoms. The Morgan fingerprint density at radius 1 is 0.696 bits per heavy atom. The molecule has 23 heavy (non-hydrogen) atoms. The molecular weight excluding hydrogens is 334 g/mol. The van der Waals surface area contributed by atoms with Crippen LogP contribution in [0, 0.1) is 0 Å². The summed E-state index contributed by atoms with van der Waals surface area (Å²) in [5.74, 6) is 0. The van der Waals surface area contributed by atoms with E-state index in [2.05, 4.69) is 52.7 Å². The fourth-order valence-electron chi connectivity index (χ4n) is 4.64. The Labute approximate surface area is 150 Å². The Morgan fingerprint density at radius 2 is 1.00 bits per heavy atom. The second-order valence-electron chi connectivity index (χ2n) is 6.76. The Bertz CT molecular complexity index is 270. The van der Waals surface area contributed by atoms with E-state index in [1.54, 1.807) is 0 Å². The minimum atomic E-state index is -1.65. The van der Waals surface area contributed by atoms with Gasteiger partial charge in [0.1, 0.15) is 16.5 Å². The SMILES string of the molecule is CCC(N([Si](CC)(CC)CC)[Si](CC)(CC)CC)[SiH](OC)OC. The molecule has 0 heterocycles. The molecule has 0 aliphatic carbocycles.